The molecule has 0 N–H and O–H groups in total. The van der Waals surface area contributed by atoms with E-state index in [1.54, 1.807) is 0 Å². The Labute approximate surface area is 532 Å². The first-order valence-electron chi connectivity index (χ1n) is 32.0. The maximum Gasteiger partial charge on any atom is 0.135 e. The molecule has 2 heterocycles. The molecule has 0 bridgehead atoms. The summed E-state index contributed by atoms with van der Waals surface area (Å²) in [7, 11) is 0. The van der Waals surface area contributed by atoms with Crippen molar-refractivity contribution in [3.63, 3.8) is 0 Å². The molecule has 2 heteroatoms. The fraction of sp³-hybridized carbons (Fsp3) is 0.0222. The Bertz CT molecular complexity index is 5960. The summed E-state index contributed by atoms with van der Waals surface area (Å²) in [4.78, 5) is 0. The van der Waals surface area contributed by atoms with E-state index in [1.807, 2.05) is 0 Å². The van der Waals surface area contributed by atoms with Crippen LogP contribution in [-0.4, -0.2) is 0 Å². The van der Waals surface area contributed by atoms with Crippen LogP contribution in [0.3, 0.4) is 0 Å². The lowest BCUT2D eigenvalue weighted by molar-refractivity contribution is 0.487. The maximum atomic E-state index is 6.84. The van der Waals surface area contributed by atoms with E-state index in [-0.39, 0.29) is 0 Å². The quantitative estimate of drug-likeness (QED) is 0.171. The molecular weight excluding hydrogens is 1110 g/mol. The van der Waals surface area contributed by atoms with E-state index in [4.69, 9.17) is 9.47 Å². The first-order chi connectivity index (χ1) is 45.6. The van der Waals surface area contributed by atoms with Crippen LogP contribution in [0.15, 0.2) is 315 Å². The second-order valence-electron chi connectivity index (χ2n) is 25.6. The first-order valence-corrected chi connectivity index (χ1v) is 32.0. The SMILES string of the molecule is c1ccc(C2(c3ccccc3-c3ccc4c(c3)Oc3cccc5cccc-4c35)c3ccccc3-c3cc4cc(-c5cccc6c5-c5ccccc5C65c6cc(-c7ccc8c(c7)Oc7cccc9cccc-8c79)ccc6-c6ccc7ccccc7c65)ccc4cc32)cc1. The van der Waals surface area contributed by atoms with Crippen molar-refractivity contribution in [3.8, 4) is 112 Å². The molecule has 0 saturated heterocycles. The van der Waals surface area contributed by atoms with Gasteiger partial charge >= 0.3 is 0 Å². The molecule has 0 radical (unpaired) electrons. The molecule has 2 unspecified atom stereocenters. The van der Waals surface area contributed by atoms with Crippen LogP contribution in [0.4, 0.5) is 0 Å². The van der Waals surface area contributed by atoms with Crippen LogP contribution in [-0.2, 0) is 10.8 Å². The highest BCUT2D eigenvalue weighted by Crippen LogP contribution is 2.66. The number of ether oxygens (including phenoxy) is 2. The smallest absolute Gasteiger partial charge is 0.135 e. The van der Waals surface area contributed by atoms with Crippen LogP contribution in [0.1, 0.15) is 44.5 Å². The molecule has 21 rings (SSSR count). The van der Waals surface area contributed by atoms with Gasteiger partial charge in [-0.3, -0.25) is 0 Å². The Balaban J connectivity index is 0.739. The molecule has 16 aromatic rings. The average Bonchev–Trinajstić information content (AvgIpc) is 1.50. The zero-order valence-electron chi connectivity index (χ0n) is 49.8. The third-order valence-corrected chi connectivity index (χ3v) is 21.3. The van der Waals surface area contributed by atoms with Crippen LogP contribution < -0.4 is 9.47 Å². The van der Waals surface area contributed by atoms with Gasteiger partial charge in [0.15, 0.2) is 0 Å². The second-order valence-corrected chi connectivity index (χ2v) is 25.6. The van der Waals surface area contributed by atoms with Crippen molar-refractivity contribution in [2.45, 2.75) is 10.8 Å². The van der Waals surface area contributed by atoms with Gasteiger partial charge in [-0.25, -0.2) is 0 Å². The van der Waals surface area contributed by atoms with Gasteiger partial charge in [0.05, 0.1) is 10.8 Å². The lowest BCUT2D eigenvalue weighted by atomic mass is 9.65. The number of fused-ring (bicyclic) bond motifs is 20. The Morgan fingerprint density at radius 2 is 0.685 bits per heavy atom. The molecule has 2 atom stereocenters. The van der Waals surface area contributed by atoms with Crippen molar-refractivity contribution in [3.05, 3.63) is 360 Å². The number of benzene rings is 16. The Kier molecular flexibility index (Phi) is 10.0. The molecular formula is C90H52O2. The van der Waals surface area contributed by atoms with Gasteiger partial charge < -0.3 is 9.47 Å². The first kappa shape index (κ1) is 50.1. The lowest BCUT2D eigenvalue weighted by Gasteiger charge is -2.36. The highest BCUT2D eigenvalue weighted by molar-refractivity contribution is 6.09. The molecule has 16 aromatic carbocycles. The topological polar surface area (TPSA) is 18.5 Å². The molecule has 2 nitrogen and oxygen atoms in total. The van der Waals surface area contributed by atoms with Gasteiger partial charge in [0, 0.05) is 21.9 Å². The fourth-order valence-corrected chi connectivity index (χ4v) is 17.6. The van der Waals surface area contributed by atoms with E-state index in [9.17, 15) is 0 Å². The third-order valence-electron chi connectivity index (χ3n) is 21.3. The third kappa shape index (κ3) is 6.52. The van der Waals surface area contributed by atoms with E-state index >= 15 is 0 Å². The Morgan fingerprint density at radius 3 is 1.42 bits per heavy atom. The van der Waals surface area contributed by atoms with E-state index in [0.717, 1.165) is 56.2 Å². The Hall–Kier alpha value is -11.8. The standard InChI is InChI=1S/C90H52O2/c1-2-22-62(23-3-1)89(75-31-9-6-24-63(75)60-42-45-69-71-30-13-19-55-21-15-36-82(86(55)71)92-84(69)52-60)76-32-10-7-26-66(76)74-48-61-47-59(38-37-57(61)50-80(74)89)64-28-16-34-78-87(64)73-27-8-11-33-77(73)90(78)79-49-56(40-43-67(79)72-46-39-53-17-4-5-25-65(53)88(72)90)58-41-44-68-70-29-12-18-54-20-14-35-81(85(54)70)91-83(68)51-58/h1-52H. The zero-order chi connectivity index (χ0) is 60.0. The number of rotatable bonds is 5. The highest BCUT2D eigenvalue weighted by atomic mass is 16.5. The van der Waals surface area contributed by atoms with Gasteiger partial charge in [0.25, 0.3) is 0 Å². The average molecular weight is 1170 g/mol. The summed E-state index contributed by atoms with van der Waals surface area (Å²) < 4.78 is 13.6. The van der Waals surface area contributed by atoms with Crippen molar-refractivity contribution in [1.29, 1.82) is 0 Å². The van der Waals surface area contributed by atoms with E-state index in [2.05, 4.69) is 315 Å². The molecule has 0 saturated carbocycles. The summed E-state index contributed by atoms with van der Waals surface area (Å²) in [5.41, 5.74) is 28.3. The van der Waals surface area contributed by atoms with E-state index in [0.29, 0.717) is 0 Å². The molecule has 3 aliphatic carbocycles. The lowest BCUT2D eigenvalue weighted by Crippen LogP contribution is -2.29. The molecule has 0 amide bonds. The Morgan fingerprint density at radius 1 is 0.207 bits per heavy atom. The van der Waals surface area contributed by atoms with Gasteiger partial charge in [0.2, 0.25) is 0 Å². The largest absolute Gasteiger partial charge is 0.456 e. The van der Waals surface area contributed by atoms with Crippen LogP contribution in [0, 0.1) is 0 Å². The summed E-state index contributed by atoms with van der Waals surface area (Å²) >= 11 is 0. The van der Waals surface area contributed by atoms with Crippen molar-refractivity contribution >= 4 is 43.1 Å². The van der Waals surface area contributed by atoms with Crippen molar-refractivity contribution in [2.75, 3.05) is 0 Å². The van der Waals surface area contributed by atoms with Crippen LogP contribution in [0.25, 0.3) is 132 Å². The normalized spacial score (nSPS) is 16.1. The predicted octanol–water partition coefficient (Wildman–Crippen LogP) is 23.6. The molecule has 424 valence electrons. The highest BCUT2D eigenvalue weighted by Gasteiger charge is 2.54. The monoisotopic (exact) mass is 1160 g/mol. The minimum Gasteiger partial charge on any atom is -0.456 e. The zero-order valence-corrected chi connectivity index (χ0v) is 49.8. The minimum atomic E-state index is -0.656. The molecule has 1 spiro atoms. The van der Waals surface area contributed by atoms with Crippen LogP contribution in [0.2, 0.25) is 0 Å². The van der Waals surface area contributed by atoms with Gasteiger partial charge in [-0.05, 0) is 215 Å². The van der Waals surface area contributed by atoms with E-state index in [1.165, 1.54) is 143 Å². The maximum absolute atomic E-state index is 6.84. The van der Waals surface area contributed by atoms with Crippen LogP contribution in [0.5, 0.6) is 23.0 Å². The molecule has 92 heavy (non-hydrogen) atoms. The van der Waals surface area contributed by atoms with E-state index < -0.39 is 10.8 Å². The fourth-order valence-electron chi connectivity index (χ4n) is 17.6. The van der Waals surface area contributed by atoms with Crippen molar-refractivity contribution in [2.24, 2.45) is 0 Å². The van der Waals surface area contributed by atoms with Crippen molar-refractivity contribution < 1.29 is 9.47 Å². The predicted molar refractivity (Wildman–Crippen MR) is 377 cm³/mol. The van der Waals surface area contributed by atoms with Gasteiger partial charge in [-0.15, -0.1) is 0 Å². The summed E-state index contributed by atoms with van der Waals surface area (Å²) in [6.07, 6.45) is 0. The number of hydrogen-bond acceptors (Lipinski definition) is 2. The second kappa shape index (κ2) is 18.4. The minimum absolute atomic E-state index is 0.618. The van der Waals surface area contributed by atoms with Crippen molar-refractivity contribution in [1.82, 2.24) is 0 Å². The van der Waals surface area contributed by atoms with Gasteiger partial charge in [-0.2, -0.15) is 0 Å². The van der Waals surface area contributed by atoms with Gasteiger partial charge in [-0.1, -0.05) is 255 Å². The summed E-state index contributed by atoms with van der Waals surface area (Å²) in [6.45, 7) is 0. The summed E-state index contributed by atoms with van der Waals surface area (Å²) in [5.74, 6) is 3.55. The summed E-state index contributed by atoms with van der Waals surface area (Å²) in [5, 5.41) is 9.63. The van der Waals surface area contributed by atoms with Crippen LogP contribution >= 0.6 is 0 Å². The molecule has 0 fully saturated rings. The molecule has 5 aliphatic rings. The van der Waals surface area contributed by atoms with Gasteiger partial charge in [0.1, 0.15) is 23.0 Å². The molecule has 0 aromatic heterocycles. The molecule has 2 aliphatic heterocycles. The number of hydrogen-bond donors (Lipinski definition) is 0. The summed E-state index contributed by atoms with van der Waals surface area (Å²) in [6, 6.07) is 118.